The first-order valence-corrected chi connectivity index (χ1v) is 7.04. The summed E-state index contributed by atoms with van der Waals surface area (Å²) in [7, 11) is 0. The predicted octanol–water partition coefficient (Wildman–Crippen LogP) is 2.20. The van der Waals surface area contributed by atoms with Crippen LogP contribution in [-0.2, 0) is 0 Å². The lowest BCUT2D eigenvalue weighted by molar-refractivity contribution is 0.101. The Labute approximate surface area is 122 Å². The number of hydrogen-bond acceptors (Lipinski definition) is 3. The number of nitrogens with one attached hydrogen (secondary N) is 2. The minimum absolute atomic E-state index is 0.202. The Morgan fingerprint density at radius 1 is 1.33 bits per heavy atom. The fraction of sp³-hybridized carbons (Fsp3) is 0.333. The number of halogens is 1. The molecule has 6 heteroatoms. The maximum absolute atomic E-state index is 12.8. The number of aromatic nitrogens is 2. The van der Waals surface area contributed by atoms with Crippen molar-refractivity contribution in [2.45, 2.75) is 18.9 Å². The van der Waals surface area contributed by atoms with Crippen molar-refractivity contribution >= 4 is 11.6 Å². The molecule has 3 heterocycles. The standard InChI is InChI=1S/C15H17FN4O/c16-14-4-3-11(10-18-14)19-15(21)13-2-1-9-20(13)12-5-7-17-8-6-12/h1-4,9-10,12,17H,5-8H2,(H,19,21). The van der Waals surface area contributed by atoms with Crippen molar-refractivity contribution in [2.24, 2.45) is 0 Å². The van der Waals surface area contributed by atoms with Gasteiger partial charge in [-0.3, -0.25) is 4.79 Å². The van der Waals surface area contributed by atoms with Crippen molar-refractivity contribution in [3.63, 3.8) is 0 Å². The first kappa shape index (κ1) is 13.8. The zero-order chi connectivity index (χ0) is 14.7. The minimum atomic E-state index is -0.564. The summed E-state index contributed by atoms with van der Waals surface area (Å²) in [5, 5.41) is 6.06. The number of nitrogens with zero attached hydrogens (tertiary/aromatic N) is 2. The average molecular weight is 288 g/mol. The van der Waals surface area contributed by atoms with Gasteiger partial charge in [0.2, 0.25) is 5.95 Å². The number of pyridine rings is 1. The van der Waals surface area contributed by atoms with E-state index >= 15 is 0 Å². The van der Waals surface area contributed by atoms with E-state index in [9.17, 15) is 9.18 Å². The van der Waals surface area contributed by atoms with E-state index in [0.717, 1.165) is 25.9 Å². The van der Waals surface area contributed by atoms with Crippen LogP contribution in [0.2, 0.25) is 0 Å². The molecule has 110 valence electrons. The average Bonchev–Trinajstić information content (AvgIpc) is 3.00. The van der Waals surface area contributed by atoms with Gasteiger partial charge in [-0.15, -0.1) is 0 Å². The molecule has 1 amide bonds. The summed E-state index contributed by atoms with van der Waals surface area (Å²) in [6.07, 6.45) is 5.26. The fourth-order valence-corrected chi connectivity index (χ4v) is 2.63. The number of anilines is 1. The van der Waals surface area contributed by atoms with E-state index in [4.69, 9.17) is 0 Å². The third-order valence-electron chi connectivity index (χ3n) is 3.70. The second-order valence-corrected chi connectivity index (χ2v) is 5.11. The van der Waals surface area contributed by atoms with Crippen LogP contribution in [0.1, 0.15) is 29.4 Å². The molecule has 5 nitrogen and oxygen atoms in total. The van der Waals surface area contributed by atoms with E-state index in [1.54, 1.807) is 6.07 Å². The summed E-state index contributed by atoms with van der Waals surface area (Å²) < 4.78 is 14.8. The molecule has 2 N–H and O–H groups in total. The van der Waals surface area contributed by atoms with Crippen molar-refractivity contribution < 1.29 is 9.18 Å². The Hall–Kier alpha value is -2.21. The molecule has 2 aromatic rings. The highest BCUT2D eigenvalue weighted by atomic mass is 19.1. The van der Waals surface area contributed by atoms with Crippen LogP contribution in [0.15, 0.2) is 36.7 Å². The molecule has 0 aliphatic carbocycles. The first-order chi connectivity index (χ1) is 10.2. The van der Waals surface area contributed by atoms with Gasteiger partial charge in [-0.25, -0.2) is 4.98 Å². The maximum Gasteiger partial charge on any atom is 0.272 e. The number of amides is 1. The Kier molecular flexibility index (Phi) is 3.96. The number of piperidine rings is 1. The SMILES string of the molecule is O=C(Nc1ccc(F)nc1)c1cccn1C1CCNCC1. The molecule has 3 rings (SSSR count). The normalized spacial score (nSPS) is 15.9. The van der Waals surface area contributed by atoms with Crippen molar-refractivity contribution in [3.8, 4) is 0 Å². The molecule has 1 aliphatic rings. The highest BCUT2D eigenvalue weighted by molar-refractivity contribution is 6.03. The fourth-order valence-electron chi connectivity index (χ4n) is 2.63. The van der Waals surface area contributed by atoms with Crippen LogP contribution in [0.25, 0.3) is 0 Å². The predicted molar refractivity (Wildman–Crippen MR) is 77.7 cm³/mol. The van der Waals surface area contributed by atoms with E-state index in [1.165, 1.54) is 18.3 Å². The number of rotatable bonds is 3. The topological polar surface area (TPSA) is 59.0 Å². The van der Waals surface area contributed by atoms with E-state index in [0.29, 0.717) is 17.4 Å². The van der Waals surface area contributed by atoms with Crippen LogP contribution in [0.5, 0.6) is 0 Å². The molecule has 0 radical (unpaired) electrons. The van der Waals surface area contributed by atoms with Crippen LogP contribution in [0.4, 0.5) is 10.1 Å². The van der Waals surface area contributed by atoms with Crippen LogP contribution >= 0.6 is 0 Å². The molecular formula is C15H17FN4O. The molecular weight excluding hydrogens is 271 g/mol. The second-order valence-electron chi connectivity index (χ2n) is 5.11. The van der Waals surface area contributed by atoms with Crippen LogP contribution < -0.4 is 10.6 Å². The largest absolute Gasteiger partial charge is 0.340 e. The number of carbonyl (C=O) groups is 1. The van der Waals surface area contributed by atoms with Gasteiger partial charge in [0.15, 0.2) is 0 Å². The molecule has 1 aliphatic heterocycles. The van der Waals surface area contributed by atoms with Crippen molar-refractivity contribution in [1.82, 2.24) is 14.9 Å². The summed E-state index contributed by atoms with van der Waals surface area (Å²) >= 11 is 0. The lowest BCUT2D eigenvalue weighted by Gasteiger charge is -2.25. The van der Waals surface area contributed by atoms with E-state index in [2.05, 4.69) is 15.6 Å². The lowest BCUT2D eigenvalue weighted by Crippen LogP contribution is -2.31. The van der Waals surface area contributed by atoms with Crippen LogP contribution in [-0.4, -0.2) is 28.5 Å². The summed E-state index contributed by atoms with van der Waals surface area (Å²) in [4.78, 5) is 15.9. The lowest BCUT2D eigenvalue weighted by atomic mass is 10.1. The van der Waals surface area contributed by atoms with Crippen molar-refractivity contribution in [3.05, 3.63) is 48.3 Å². The smallest absolute Gasteiger partial charge is 0.272 e. The molecule has 1 saturated heterocycles. The quantitative estimate of drug-likeness (QED) is 0.851. The van der Waals surface area contributed by atoms with Gasteiger partial charge in [-0.05, 0) is 50.2 Å². The monoisotopic (exact) mass is 288 g/mol. The summed E-state index contributed by atoms with van der Waals surface area (Å²) in [5.74, 6) is -0.766. The van der Waals surface area contributed by atoms with Gasteiger partial charge in [0.05, 0.1) is 11.9 Å². The van der Waals surface area contributed by atoms with Crippen LogP contribution in [0.3, 0.4) is 0 Å². The molecule has 2 aromatic heterocycles. The molecule has 1 fully saturated rings. The van der Waals surface area contributed by atoms with Gasteiger partial charge in [0.25, 0.3) is 5.91 Å². The number of carbonyl (C=O) groups excluding carboxylic acids is 1. The Morgan fingerprint density at radius 3 is 2.86 bits per heavy atom. The second kappa shape index (κ2) is 6.05. The van der Waals surface area contributed by atoms with Gasteiger partial charge in [-0.2, -0.15) is 4.39 Å². The first-order valence-electron chi connectivity index (χ1n) is 7.04. The zero-order valence-corrected chi connectivity index (χ0v) is 11.6. The summed E-state index contributed by atoms with van der Waals surface area (Å²) in [5.41, 5.74) is 1.10. The Morgan fingerprint density at radius 2 is 2.14 bits per heavy atom. The molecule has 0 saturated carbocycles. The molecule has 21 heavy (non-hydrogen) atoms. The third-order valence-corrected chi connectivity index (χ3v) is 3.70. The third kappa shape index (κ3) is 3.11. The van der Waals surface area contributed by atoms with Gasteiger partial charge >= 0.3 is 0 Å². The van der Waals surface area contributed by atoms with E-state index in [1.807, 2.05) is 16.8 Å². The Balaban J connectivity index is 1.75. The highest BCUT2D eigenvalue weighted by Crippen LogP contribution is 2.21. The molecule has 0 aromatic carbocycles. The minimum Gasteiger partial charge on any atom is -0.340 e. The molecule has 0 spiro atoms. The van der Waals surface area contributed by atoms with Gasteiger partial charge < -0.3 is 15.2 Å². The number of hydrogen-bond donors (Lipinski definition) is 2. The van der Waals surface area contributed by atoms with Crippen molar-refractivity contribution in [2.75, 3.05) is 18.4 Å². The molecule has 0 bridgehead atoms. The zero-order valence-electron chi connectivity index (χ0n) is 11.6. The van der Waals surface area contributed by atoms with Gasteiger partial charge in [0, 0.05) is 12.2 Å². The molecule has 0 atom stereocenters. The van der Waals surface area contributed by atoms with Gasteiger partial charge in [-0.1, -0.05) is 0 Å². The van der Waals surface area contributed by atoms with Crippen LogP contribution in [0, 0.1) is 5.95 Å². The Bertz CT molecular complexity index is 617. The maximum atomic E-state index is 12.8. The summed E-state index contributed by atoms with van der Waals surface area (Å²) in [6, 6.07) is 6.74. The van der Waals surface area contributed by atoms with E-state index in [-0.39, 0.29) is 5.91 Å². The van der Waals surface area contributed by atoms with Crippen molar-refractivity contribution in [1.29, 1.82) is 0 Å². The van der Waals surface area contributed by atoms with E-state index < -0.39 is 5.95 Å². The summed E-state index contributed by atoms with van der Waals surface area (Å²) in [6.45, 7) is 1.93. The molecule has 0 unspecified atom stereocenters. The van der Waals surface area contributed by atoms with Gasteiger partial charge in [0.1, 0.15) is 5.69 Å². The highest BCUT2D eigenvalue weighted by Gasteiger charge is 2.20.